The van der Waals surface area contributed by atoms with Crippen molar-refractivity contribution in [2.45, 2.75) is 6.10 Å². The Morgan fingerprint density at radius 1 is 1.50 bits per heavy atom. The van der Waals surface area contributed by atoms with Crippen molar-refractivity contribution >= 4 is 12.0 Å². The van der Waals surface area contributed by atoms with Crippen LogP contribution in [0.5, 0.6) is 0 Å². The molecule has 1 aliphatic rings. The second-order valence-corrected chi connectivity index (χ2v) is 3.61. The zero-order valence-corrected chi connectivity index (χ0v) is 8.80. The van der Waals surface area contributed by atoms with Gasteiger partial charge in [0.05, 0.1) is 19.2 Å². The van der Waals surface area contributed by atoms with Crippen LogP contribution in [-0.2, 0) is 4.74 Å². The molecule has 1 heterocycles. The molecule has 1 fully saturated rings. The summed E-state index contributed by atoms with van der Waals surface area (Å²) in [5.41, 5.74) is 1.53. The minimum Gasteiger partial charge on any atom is -0.365 e. The number of anilines is 1. The highest BCUT2D eigenvalue weighted by Gasteiger charge is 2.21. The van der Waals surface area contributed by atoms with E-state index in [9.17, 15) is 4.79 Å². The minimum atomic E-state index is -0.409. The summed E-state index contributed by atoms with van der Waals surface area (Å²) in [6.45, 7) is 1.75. The number of nitriles is 1. The van der Waals surface area contributed by atoms with Crippen LogP contribution in [0.15, 0.2) is 24.3 Å². The Hall–Kier alpha value is -1.86. The number of nitrogens with zero attached hydrogens (tertiary/aromatic N) is 2. The monoisotopic (exact) mass is 216 g/mol. The number of rotatable bonds is 2. The summed E-state index contributed by atoms with van der Waals surface area (Å²) in [6.07, 6.45) is 0.431. The Labute approximate surface area is 94.0 Å². The maximum absolute atomic E-state index is 10.9. The molecular weight excluding hydrogens is 204 g/mol. The van der Waals surface area contributed by atoms with Gasteiger partial charge < -0.3 is 9.64 Å². The van der Waals surface area contributed by atoms with E-state index in [0.717, 1.165) is 12.0 Å². The van der Waals surface area contributed by atoms with Crippen LogP contribution < -0.4 is 4.90 Å². The van der Waals surface area contributed by atoms with Crippen molar-refractivity contribution in [1.82, 2.24) is 0 Å². The number of ether oxygens (including phenoxy) is 1. The van der Waals surface area contributed by atoms with Crippen molar-refractivity contribution in [3.8, 4) is 6.07 Å². The van der Waals surface area contributed by atoms with E-state index >= 15 is 0 Å². The van der Waals surface area contributed by atoms with E-state index in [1.54, 1.807) is 6.07 Å². The van der Waals surface area contributed by atoms with Gasteiger partial charge in [-0.2, -0.15) is 5.26 Å². The average Bonchev–Trinajstić information content (AvgIpc) is 2.38. The maximum Gasteiger partial charge on any atom is 0.161 e. The molecule has 1 saturated heterocycles. The van der Waals surface area contributed by atoms with Crippen LogP contribution in [0.25, 0.3) is 0 Å². The molecule has 4 nitrogen and oxygen atoms in total. The Morgan fingerprint density at radius 2 is 2.31 bits per heavy atom. The smallest absolute Gasteiger partial charge is 0.161 e. The Balaban J connectivity index is 2.23. The van der Waals surface area contributed by atoms with Crippen LogP contribution in [0.3, 0.4) is 0 Å². The molecule has 0 radical (unpaired) electrons. The third-order valence-corrected chi connectivity index (χ3v) is 2.61. The SMILES string of the molecule is N#CC1CN(c2ccccc2C=O)CCO1. The quantitative estimate of drug-likeness (QED) is 0.698. The average molecular weight is 216 g/mol. The number of benzene rings is 1. The number of hydrogen-bond donors (Lipinski definition) is 0. The van der Waals surface area contributed by atoms with Crippen molar-refractivity contribution in [3.05, 3.63) is 29.8 Å². The summed E-state index contributed by atoms with van der Waals surface area (Å²) in [5.74, 6) is 0. The summed E-state index contributed by atoms with van der Waals surface area (Å²) in [5, 5.41) is 8.81. The fraction of sp³-hybridized carbons (Fsp3) is 0.333. The van der Waals surface area contributed by atoms with Gasteiger partial charge >= 0.3 is 0 Å². The number of carbonyl (C=O) groups excluding carboxylic acids is 1. The summed E-state index contributed by atoms with van der Waals surface area (Å²) < 4.78 is 5.26. The molecule has 82 valence electrons. The van der Waals surface area contributed by atoms with Gasteiger partial charge in [0.1, 0.15) is 0 Å². The third-order valence-electron chi connectivity index (χ3n) is 2.61. The fourth-order valence-electron chi connectivity index (χ4n) is 1.82. The van der Waals surface area contributed by atoms with E-state index in [1.165, 1.54) is 0 Å². The lowest BCUT2D eigenvalue weighted by Crippen LogP contribution is -2.42. The number of morpholine rings is 1. The predicted molar refractivity (Wildman–Crippen MR) is 59.4 cm³/mol. The fourth-order valence-corrected chi connectivity index (χ4v) is 1.82. The molecule has 4 heteroatoms. The topological polar surface area (TPSA) is 53.3 Å². The molecule has 0 amide bonds. The van der Waals surface area contributed by atoms with Crippen molar-refractivity contribution < 1.29 is 9.53 Å². The molecule has 1 aromatic rings. The highest BCUT2D eigenvalue weighted by Crippen LogP contribution is 2.21. The first-order valence-corrected chi connectivity index (χ1v) is 5.15. The van der Waals surface area contributed by atoms with Crippen molar-refractivity contribution in [2.75, 3.05) is 24.6 Å². The largest absolute Gasteiger partial charge is 0.365 e. The van der Waals surface area contributed by atoms with Gasteiger partial charge in [0, 0.05) is 17.8 Å². The second kappa shape index (κ2) is 4.77. The molecular formula is C12H12N2O2. The van der Waals surface area contributed by atoms with Gasteiger partial charge in [-0.05, 0) is 12.1 Å². The Morgan fingerprint density at radius 3 is 3.06 bits per heavy atom. The molecule has 2 rings (SSSR count). The molecule has 0 spiro atoms. The van der Waals surface area contributed by atoms with Crippen molar-refractivity contribution in [3.63, 3.8) is 0 Å². The van der Waals surface area contributed by atoms with E-state index in [-0.39, 0.29) is 0 Å². The van der Waals surface area contributed by atoms with Gasteiger partial charge in [-0.1, -0.05) is 12.1 Å². The van der Waals surface area contributed by atoms with E-state index < -0.39 is 6.10 Å². The first kappa shape index (κ1) is 10.7. The van der Waals surface area contributed by atoms with E-state index in [4.69, 9.17) is 10.00 Å². The van der Waals surface area contributed by atoms with Gasteiger partial charge in [-0.3, -0.25) is 4.79 Å². The predicted octanol–water partition coefficient (Wildman–Crippen LogP) is 1.23. The van der Waals surface area contributed by atoms with Gasteiger partial charge in [-0.25, -0.2) is 0 Å². The zero-order valence-electron chi connectivity index (χ0n) is 8.80. The van der Waals surface area contributed by atoms with Crippen LogP contribution >= 0.6 is 0 Å². The lowest BCUT2D eigenvalue weighted by Gasteiger charge is -2.32. The number of para-hydroxylation sites is 1. The number of hydrogen-bond acceptors (Lipinski definition) is 4. The highest BCUT2D eigenvalue weighted by molar-refractivity contribution is 5.84. The molecule has 0 bridgehead atoms. The number of carbonyl (C=O) groups is 1. The van der Waals surface area contributed by atoms with Crippen molar-refractivity contribution in [1.29, 1.82) is 5.26 Å². The third kappa shape index (κ3) is 2.05. The van der Waals surface area contributed by atoms with Crippen LogP contribution in [-0.4, -0.2) is 32.1 Å². The Kier molecular flexibility index (Phi) is 3.18. The van der Waals surface area contributed by atoms with E-state index in [0.29, 0.717) is 25.3 Å². The van der Waals surface area contributed by atoms with Crippen LogP contribution in [0.1, 0.15) is 10.4 Å². The van der Waals surface area contributed by atoms with E-state index in [2.05, 4.69) is 6.07 Å². The highest BCUT2D eigenvalue weighted by atomic mass is 16.5. The molecule has 16 heavy (non-hydrogen) atoms. The molecule has 1 atom stereocenters. The van der Waals surface area contributed by atoms with E-state index in [1.807, 2.05) is 23.1 Å². The van der Waals surface area contributed by atoms with Crippen LogP contribution in [0.2, 0.25) is 0 Å². The molecule has 0 aromatic heterocycles. The maximum atomic E-state index is 10.9. The summed E-state index contributed by atoms with van der Waals surface area (Å²) >= 11 is 0. The normalized spacial score (nSPS) is 20.2. The summed E-state index contributed by atoms with van der Waals surface area (Å²) in [7, 11) is 0. The molecule has 1 unspecified atom stereocenters. The van der Waals surface area contributed by atoms with Gasteiger partial charge in [0.15, 0.2) is 12.4 Å². The van der Waals surface area contributed by atoms with Gasteiger partial charge in [-0.15, -0.1) is 0 Å². The first-order valence-electron chi connectivity index (χ1n) is 5.15. The summed E-state index contributed by atoms with van der Waals surface area (Å²) in [4.78, 5) is 12.9. The standard InChI is InChI=1S/C12H12N2O2/c13-7-11-8-14(5-6-16-11)12-4-2-1-3-10(12)9-15/h1-4,9,11H,5-6,8H2. The van der Waals surface area contributed by atoms with Gasteiger partial charge in [0.2, 0.25) is 0 Å². The zero-order chi connectivity index (χ0) is 11.4. The number of aldehydes is 1. The molecule has 0 saturated carbocycles. The molecule has 1 aromatic carbocycles. The van der Waals surface area contributed by atoms with Crippen LogP contribution in [0.4, 0.5) is 5.69 Å². The summed E-state index contributed by atoms with van der Waals surface area (Å²) in [6, 6.07) is 9.48. The molecule has 1 aliphatic heterocycles. The lowest BCUT2D eigenvalue weighted by atomic mass is 10.1. The minimum absolute atomic E-state index is 0.409. The molecule has 0 N–H and O–H groups in total. The molecule has 0 aliphatic carbocycles. The Bertz CT molecular complexity index is 425. The van der Waals surface area contributed by atoms with Gasteiger partial charge in [0.25, 0.3) is 0 Å². The second-order valence-electron chi connectivity index (χ2n) is 3.61. The van der Waals surface area contributed by atoms with Crippen molar-refractivity contribution in [2.24, 2.45) is 0 Å². The lowest BCUT2D eigenvalue weighted by molar-refractivity contribution is 0.0763. The van der Waals surface area contributed by atoms with Crippen LogP contribution in [0, 0.1) is 11.3 Å². The first-order chi connectivity index (χ1) is 7.85.